The number of hydrogen-bond acceptors (Lipinski definition) is 3. The van der Waals surface area contributed by atoms with E-state index in [0.717, 1.165) is 64.4 Å². The predicted octanol–water partition coefficient (Wildman–Crippen LogP) is 8.61. The zero-order valence-electron chi connectivity index (χ0n) is 23.0. The van der Waals surface area contributed by atoms with Crippen LogP contribution in [0.15, 0.2) is 113 Å². The largest absolute Gasteiger partial charge is 0.393 e. The summed E-state index contributed by atoms with van der Waals surface area (Å²) in [6.45, 7) is 11.0. The molecule has 1 heterocycles. The van der Waals surface area contributed by atoms with Crippen molar-refractivity contribution in [3.05, 3.63) is 130 Å². The third kappa shape index (κ3) is 7.69. The van der Waals surface area contributed by atoms with Crippen molar-refractivity contribution in [1.29, 1.82) is 0 Å². The van der Waals surface area contributed by atoms with Crippen LogP contribution in [0.5, 0.6) is 0 Å². The SMILES string of the molecule is C=C(I)[C@H](C)CC(O)CC[C@@H]1O[C@@H](CCCOC(c2ccccc2)(c2ccccc2)c2ccccc2)CC1=C. The molecule has 1 aliphatic heterocycles. The van der Waals surface area contributed by atoms with Gasteiger partial charge in [-0.3, -0.25) is 0 Å². The molecule has 1 saturated heterocycles. The molecule has 0 aliphatic carbocycles. The molecule has 206 valence electrons. The van der Waals surface area contributed by atoms with E-state index < -0.39 is 5.60 Å². The van der Waals surface area contributed by atoms with E-state index in [-0.39, 0.29) is 18.3 Å². The Balaban J connectivity index is 1.38. The van der Waals surface area contributed by atoms with Crippen molar-refractivity contribution in [2.45, 2.75) is 69.4 Å². The Morgan fingerprint density at radius 2 is 1.46 bits per heavy atom. The first kappa shape index (κ1) is 29.7. The minimum absolute atomic E-state index is 0.0284. The number of ether oxygens (including phenoxy) is 2. The van der Waals surface area contributed by atoms with E-state index in [0.29, 0.717) is 12.5 Å². The third-order valence-corrected chi connectivity index (χ3v) is 8.82. The second-order valence-corrected chi connectivity index (χ2v) is 12.1. The molecule has 0 radical (unpaired) electrons. The molecule has 4 atom stereocenters. The molecule has 0 bridgehead atoms. The lowest BCUT2D eigenvalue weighted by Gasteiger charge is -2.36. The first-order valence-electron chi connectivity index (χ1n) is 14.1. The molecule has 0 amide bonds. The molecule has 4 rings (SSSR count). The maximum Gasteiger partial charge on any atom is 0.143 e. The normalized spacial score (nSPS) is 19.1. The fraction of sp³-hybridized carbons (Fsp3) is 0.371. The van der Waals surface area contributed by atoms with Crippen LogP contribution in [0.4, 0.5) is 0 Å². The second-order valence-electron chi connectivity index (χ2n) is 10.7. The summed E-state index contributed by atoms with van der Waals surface area (Å²) in [5.41, 5.74) is 3.81. The summed E-state index contributed by atoms with van der Waals surface area (Å²) < 4.78 is 14.4. The number of halogens is 1. The third-order valence-electron chi connectivity index (χ3n) is 7.75. The lowest BCUT2D eigenvalue weighted by Crippen LogP contribution is -2.33. The molecule has 3 aromatic carbocycles. The van der Waals surface area contributed by atoms with Crippen LogP contribution in [0.2, 0.25) is 0 Å². The zero-order valence-corrected chi connectivity index (χ0v) is 25.1. The van der Waals surface area contributed by atoms with Gasteiger partial charge in [0, 0.05) is 6.61 Å². The van der Waals surface area contributed by atoms with E-state index in [1.807, 2.05) is 18.2 Å². The molecule has 4 heteroatoms. The van der Waals surface area contributed by atoms with Crippen LogP contribution in [0, 0.1) is 5.92 Å². The molecule has 3 nitrogen and oxygen atoms in total. The van der Waals surface area contributed by atoms with E-state index in [1.165, 1.54) is 0 Å². The smallest absolute Gasteiger partial charge is 0.143 e. The standard InChI is InChI=1S/C35H41IO3/c1-26(28(3)36)24-32(37)21-22-34-27(2)25-33(39-34)20-13-23-38-35(29-14-7-4-8-15-29,30-16-9-5-10-17-30)31-18-11-6-12-19-31/h4-12,14-19,26,32-34,37H,2-3,13,20-25H2,1H3/t26-,32?,33+,34+/m1/s1. The summed E-state index contributed by atoms with van der Waals surface area (Å²) in [4.78, 5) is 0. The zero-order chi connectivity index (χ0) is 27.7. The van der Waals surface area contributed by atoms with Gasteiger partial charge in [0.05, 0.1) is 18.3 Å². The highest BCUT2D eigenvalue weighted by atomic mass is 127. The Hall–Kier alpha value is -2.25. The number of aliphatic hydroxyl groups excluding tert-OH is 1. The Morgan fingerprint density at radius 1 is 0.949 bits per heavy atom. The Kier molecular flexibility index (Phi) is 11.0. The van der Waals surface area contributed by atoms with E-state index in [1.54, 1.807) is 0 Å². The Bertz CT molecular complexity index is 1080. The highest BCUT2D eigenvalue weighted by Gasteiger charge is 2.37. The van der Waals surface area contributed by atoms with Crippen LogP contribution >= 0.6 is 22.6 Å². The van der Waals surface area contributed by atoms with Gasteiger partial charge in [-0.2, -0.15) is 0 Å². The van der Waals surface area contributed by atoms with Crippen molar-refractivity contribution in [2.24, 2.45) is 5.92 Å². The van der Waals surface area contributed by atoms with Crippen molar-refractivity contribution in [3.8, 4) is 0 Å². The average Bonchev–Trinajstić information content (AvgIpc) is 3.32. The van der Waals surface area contributed by atoms with Crippen molar-refractivity contribution >= 4 is 22.6 Å². The number of rotatable bonds is 14. The predicted molar refractivity (Wildman–Crippen MR) is 169 cm³/mol. The lowest BCUT2D eigenvalue weighted by atomic mass is 9.80. The van der Waals surface area contributed by atoms with Crippen LogP contribution < -0.4 is 0 Å². The van der Waals surface area contributed by atoms with Crippen molar-refractivity contribution in [3.63, 3.8) is 0 Å². The van der Waals surface area contributed by atoms with Crippen molar-refractivity contribution in [1.82, 2.24) is 0 Å². The van der Waals surface area contributed by atoms with Crippen LogP contribution in [-0.4, -0.2) is 30.0 Å². The van der Waals surface area contributed by atoms with Gasteiger partial charge in [0.15, 0.2) is 0 Å². The topological polar surface area (TPSA) is 38.7 Å². The van der Waals surface area contributed by atoms with Gasteiger partial charge in [0.1, 0.15) is 5.60 Å². The van der Waals surface area contributed by atoms with Crippen molar-refractivity contribution in [2.75, 3.05) is 6.61 Å². The fourth-order valence-electron chi connectivity index (χ4n) is 5.55. The summed E-state index contributed by atoms with van der Waals surface area (Å²) in [6, 6.07) is 31.5. The van der Waals surface area contributed by atoms with Gasteiger partial charge in [-0.25, -0.2) is 0 Å². The van der Waals surface area contributed by atoms with Gasteiger partial charge in [-0.05, 0) is 92.9 Å². The molecule has 39 heavy (non-hydrogen) atoms. The summed E-state index contributed by atoms with van der Waals surface area (Å²) in [5, 5.41) is 10.5. The van der Waals surface area contributed by atoms with Gasteiger partial charge >= 0.3 is 0 Å². The molecule has 3 aromatic rings. The van der Waals surface area contributed by atoms with Gasteiger partial charge in [-0.1, -0.05) is 111 Å². The van der Waals surface area contributed by atoms with E-state index in [4.69, 9.17) is 9.47 Å². The molecule has 0 spiro atoms. The molecule has 0 aromatic heterocycles. The number of allylic oxidation sites excluding steroid dienone is 1. The summed E-state index contributed by atoms with van der Waals surface area (Å²) in [7, 11) is 0. The number of aliphatic hydroxyl groups is 1. The minimum Gasteiger partial charge on any atom is -0.393 e. The molecule has 1 fully saturated rings. The van der Waals surface area contributed by atoms with Gasteiger partial charge < -0.3 is 14.6 Å². The highest BCUT2D eigenvalue weighted by Crippen LogP contribution is 2.41. The fourth-order valence-corrected chi connectivity index (χ4v) is 5.80. The maximum atomic E-state index is 10.5. The van der Waals surface area contributed by atoms with Crippen molar-refractivity contribution < 1.29 is 14.6 Å². The molecule has 1 unspecified atom stereocenters. The Labute approximate surface area is 248 Å². The highest BCUT2D eigenvalue weighted by molar-refractivity contribution is 14.1. The van der Waals surface area contributed by atoms with Gasteiger partial charge in [0.2, 0.25) is 0 Å². The minimum atomic E-state index is -0.691. The molecule has 0 saturated carbocycles. The molecule has 1 aliphatic rings. The van der Waals surface area contributed by atoms with Crippen LogP contribution in [0.1, 0.15) is 62.1 Å². The summed E-state index contributed by atoms with van der Waals surface area (Å²) >= 11 is 2.25. The molecular weight excluding hydrogens is 595 g/mol. The Morgan fingerprint density at radius 3 is 1.95 bits per heavy atom. The van der Waals surface area contributed by atoms with Gasteiger partial charge in [0.25, 0.3) is 0 Å². The van der Waals surface area contributed by atoms with E-state index in [9.17, 15) is 5.11 Å². The average molecular weight is 637 g/mol. The van der Waals surface area contributed by atoms with Crippen LogP contribution in [-0.2, 0) is 15.1 Å². The number of hydrogen-bond donors (Lipinski definition) is 1. The quantitative estimate of drug-likeness (QED) is 0.0834. The van der Waals surface area contributed by atoms with Gasteiger partial charge in [-0.15, -0.1) is 0 Å². The first-order valence-corrected chi connectivity index (χ1v) is 15.1. The second kappa shape index (κ2) is 14.4. The monoisotopic (exact) mass is 636 g/mol. The summed E-state index contributed by atoms with van der Waals surface area (Å²) in [6.07, 6.45) is 4.80. The summed E-state index contributed by atoms with van der Waals surface area (Å²) in [5.74, 6) is 0.316. The van der Waals surface area contributed by atoms with Crippen LogP contribution in [0.25, 0.3) is 0 Å². The molecule has 1 N–H and O–H groups in total. The van der Waals surface area contributed by atoms with E-state index >= 15 is 0 Å². The first-order chi connectivity index (χ1) is 18.9. The molecular formula is C35H41IO3. The van der Waals surface area contributed by atoms with E-state index in [2.05, 4.69) is 115 Å². The van der Waals surface area contributed by atoms with Crippen LogP contribution in [0.3, 0.4) is 0 Å². The number of benzene rings is 3. The lowest BCUT2D eigenvalue weighted by molar-refractivity contribution is -0.00397. The maximum absolute atomic E-state index is 10.5.